The van der Waals surface area contributed by atoms with Crippen molar-refractivity contribution in [3.8, 4) is 11.5 Å². The van der Waals surface area contributed by atoms with Gasteiger partial charge in [-0.25, -0.2) is 4.98 Å². The van der Waals surface area contributed by atoms with Crippen LogP contribution in [0.1, 0.15) is 17.5 Å². The minimum absolute atomic E-state index is 0.431. The fraction of sp³-hybridized carbons (Fsp3) is 0.316. The first kappa shape index (κ1) is 18.0. The molecule has 0 aliphatic carbocycles. The minimum Gasteiger partial charge on any atom is -0.497 e. The van der Waals surface area contributed by atoms with E-state index in [0.717, 1.165) is 40.1 Å². The van der Waals surface area contributed by atoms with Crippen LogP contribution in [0.25, 0.3) is 11.0 Å². The summed E-state index contributed by atoms with van der Waals surface area (Å²) in [5, 5.41) is 3.45. The maximum Gasteiger partial charge on any atom is 0.198 e. The van der Waals surface area contributed by atoms with Gasteiger partial charge in [0, 0.05) is 18.7 Å². The maximum atomic E-state index is 5.84. The van der Waals surface area contributed by atoms with E-state index in [1.54, 1.807) is 7.11 Å². The van der Waals surface area contributed by atoms with Crippen molar-refractivity contribution >= 4 is 17.0 Å². The van der Waals surface area contributed by atoms with Crippen LogP contribution >= 0.6 is 0 Å². The van der Waals surface area contributed by atoms with Crippen molar-refractivity contribution in [1.82, 2.24) is 15.3 Å². The van der Waals surface area contributed by atoms with E-state index in [9.17, 15) is 0 Å². The van der Waals surface area contributed by atoms with Crippen molar-refractivity contribution < 1.29 is 9.47 Å². The lowest BCUT2D eigenvalue weighted by Gasteiger charge is -2.13. The van der Waals surface area contributed by atoms with Crippen LogP contribution in [0.15, 0.2) is 36.4 Å². The van der Waals surface area contributed by atoms with Gasteiger partial charge in [0.05, 0.1) is 24.8 Å². The molecule has 0 amide bonds. The summed E-state index contributed by atoms with van der Waals surface area (Å²) < 4.78 is 11.2. The number of nitrogens with one attached hydrogen (secondary N) is 2. The number of hydrogen-bond acceptors (Lipinski definition) is 6. The summed E-state index contributed by atoms with van der Waals surface area (Å²) in [5.41, 5.74) is 15.2. The van der Waals surface area contributed by atoms with E-state index < -0.39 is 0 Å². The number of hydrogen-bond donors (Lipinski definition) is 4. The third kappa shape index (κ3) is 4.44. The molecule has 0 atom stereocenters. The number of benzene rings is 2. The lowest BCUT2D eigenvalue weighted by Crippen LogP contribution is -2.14. The molecule has 7 heteroatoms. The zero-order valence-corrected chi connectivity index (χ0v) is 14.9. The number of nitrogens with two attached hydrogens (primary N) is 2. The van der Waals surface area contributed by atoms with E-state index in [2.05, 4.69) is 21.4 Å². The van der Waals surface area contributed by atoms with Crippen molar-refractivity contribution in [2.24, 2.45) is 5.73 Å². The Bertz CT molecular complexity index is 862. The summed E-state index contributed by atoms with van der Waals surface area (Å²) >= 11 is 0. The van der Waals surface area contributed by atoms with E-state index >= 15 is 0 Å². The molecule has 0 unspecified atom stereocenters. The summed E-state index contributed by atoms with van der Waals surface area (Å²) in [6.07, 6.45) is 0.826. The van der Waals surface area contributed by atoms with E-state index in [4.69, 9.17) is 20.9 Å². The lowest BCUT2D eigenvalue weighted by molar-refractivity contribution is 0.308. The molecule has 1 heterocycles. The summed E-state index contributed by atoms with van der Waals surface area (Å²) in [6, 6.07) is 11.9. The highest BCUT2D eigenvalue weighted by Gasteiger charge is 2.07. The highest BCUT2D eigenvalue weighted by atomic mass is 16.5. The van der Waals surface area contributed by atoms with Crippen LogP contribution in [-0.4, -0.2) is 30.2 Å². The Morgan fingerprint density at radius 1 is 1.15 bits per heavy atom. The van der Waals surface area contributed by atoms with Crippen molar-refractivity contribution in [3.63, 3.8) is 0 Å². The third-order valence-corrected chi connectivity index (χ3v) is 4.08. The number of imidazole rings is 1. The smallest absolute Gasteiger partial charge is 0.198 e. The van der Waals surface area contributed by atoms with Crippen molar-refractivity contribution in [2.75, 3.05) is 26.0 Å². The minimum atomic E-state index is 0.431. The molecular formula is C19H25N5O2. The molecular weight excluding hydrogens is 330 g/mol. The second kappa shape index (κ2) is 8.55. The Hall–Kier alpha value is -2.77. The van der Waals surface area contributed by atoms with Gasteiger partial charge in [-0.3, -0.25) is 0 Å². The second-order valence-electron chi connectivity index (χ2n) is 6.04. The molecule has 3 rings (SSSR count). The molecule has 2 aromatic carbocycles. The number of fused-ring (bicyclic) bond motifs is 1. The van der Waals surface area contributed by atoms with Gasteiger partial charge in [-0.2, -0.15) is 0 Å². The molecule has 0 saturated heterocycles. The predicted molar refractivity (Wildman–Crippen MR) is 103 cm³/mol. The van der Waals surface area contributed by atoms with Crippen molar-refractivity contribution in [1.29, 1.82) is 0 Å². The molecule has 0 radical (unpaired) electrons. The van der Waals surface area contributed by atoms with Crippen molar-refractivity contribution in [2.45, 2.75) is 19.5 Å². The SMILES string of the molecule is COc1ccc(OCCCN)c(CNCc2ccc3nc(N)[nH]c3c2)c1. The topological polar surface area (TPSA) is 111 Å². The average molecular weight is 355 g/mol. The Kier molecular flexibility index (Phi) is 5.93. The number of nitrogens with zero attached hydrogens (tertiary/aromatic N) is 1. The summed E-state index contributed by atoms with van der Waals surface area (Å²) in [6.45, 7) is 2.60. The fourth-order valence-corrected chi connectivity index (χ4v) is 2.76. The molecule has 1 aromatic heterocycles. The molecule has 0 fully saturated rings. The molecule has 7 nitrogen and oxygen atoms in total. The van der Waals surface area contributed by atoms with E-state index in [-0.39, 0.29) is 0 Å². The molecule has 0 saturated carbocycles. The van der Waals surface area contributed by atoms with Gasteiger partial charge in [0.1, 0.15) is 11.5 Å². The largest absolute Gasteiger partial charge is 0.497 e. The Labute approximate surface area is 152 Å². The molecule has 138 valence electrons. The molecule has 0 spiro atoms. The third-order valence-electron chi connectivity index (χ3n) is 4.08. The van der Waals surface area contributed by atoms with Gasteiger partial charge < -0.3 is 31.2 Å². The first-order valence-electron chi connectivity index (χ1n) is 8.64. The Balaban J connectivity index is 1.65. The van der Waals surface area contributed by atoms with Crippen LogP contribution in [0, 0.1) is 0 Å². The lowest BCUT2D eigenvalue weighted by atomic mass is 10.1. The molecule has 0 bridgehead atoms. The van der Waals surface area contributed by atoms with Crippen LogP contribution in [-0.2, 0) is 13.1 Å². The predicted octanol–water partition coefficient (Wildman–Crippen LogP) is 2.17. The molecule has 0 aliphatic rings. The zero-order valence-electron chi connectivity index (χ0n) is 14.9. The highest BCUT2D eigenvalue weighted by Crippen LogP contribution is 2.24. The van der Waals surface area contributed by atoms with Gasteiger partial charge in [0.15, 0.2) is 5.95 Å². The summed E-state index contributed by atoms with van der Waals surface area (Å²) in [4.78, 5) is 7.26. The number of H-pyrrole nitrogens is 1. The number of nitrogen functional groups attached to an aromatic ring is 1. The van der Waals surface area contributed by atoms with Gasteiger partial charge in [-0.05, 0) is 48.9 Å². The number of aromatic amines is 1. The van der Waals surface area contributed by atoms with Gasteiger partial charge in [0.25, 0.3) is 0 Å². The molecule has 3 aromatic rings. The monoisotopic (exact) mass is 355 g/mol. The molecule has 26 heavy (non-hydrogen) atoms. The van der Waals surface area contributed by atoms with E-state index in [1.807, 2.05) is 30.3 Å². The second-order valence-corrected chi connectivity index (χ2v) is 6.04. The maximum absolute atomic E-state index is 5.84. The van der Waals surface area contributed by atoms with Crippen LogP contribution in [0.4, 0.5) is 5.95 Å². The Morgan fingerprint density at radius 2 is 2.04 bits per heavy atom. The quantitative estimate of drug-likeness (QED) is 0.438. The van der Waals surface area contributed by atoms with E-state index in [1.165, 1.54) is 0 Å². The summed E-state index contributed by atoms with van der Waals surface area (Å²) in [7, 11) is 1.66. The normalized spacial score (nSPS) is 11.0. The standard InChI is InChI=1S/C19H25N5O2/c1-25-15-4-6-18(26-8-2-7-20)14(10-15)12-22-11-13-3-5-16-17(9-13)24-19(21)23-16/h3-6,9-10,22H,2,7-8,11-12,20H2,1H3,(H3,21,23,24). The summed E-state index contributed by atoms with van der Waals surface area (Å²) in [5.74, 6) is 2.09. The van der Waals surface area contributed by atoms with Gasteiger partial charge in [0.2, 0.25) is 0 Å². The highest BCUT2D eigenvalue weighted by molar-refractivity contribution is 5.77. The van der Waals surface area contributed by atoms with E-state index in [0.29, 0.717) is 32.2 Å². The van der Waals surface area contributed by atoms with Crippen molar-refractivity contribution in [3.05, 3.63) is 47.5 Å². The number of ether oxygens (including phenoxy) is 2. The average Bonchev–Trinajstić information content (AvgIpc) is 3.02. The van der Waals surface area contributed by atoms with Crippen LogP contribution in [0.5, 0.6) is 11.5 Å². The first-order chi connectivity index (χ1) is 12.7. The van der Waals surface area contributed by atoms with Crippen LogP contribution < -0.4 is 26.3 Å². The van der Waals surface area contributed by atoms with Gasteiger partial charge in [-0.1, -0.05) is 6.07 Å². The van der Waals surface area contributed by atoms with Crippen LogP contribution in [0.3, 0.4) is 0 Å². The fourth-order valence-electron chi connectivity index (χ4n) is 2.76. The zero-order chi connectivity index (χ0) is 18.4. The first-order valence-corrected chi connectivity index (χ1v) is 8.64. The van der Waals surface area contributed by atoms with Gasteiger partial charge in [-0.15, -0.1) is 0 Å². The Morgan fingerprint density at radius 3 is 2.85 bits per heavy atom. The number of anilines is 1. The molecule has 6 N–H and O–H groups in total. The number of aromatic nitrogens is 2. The van der Waals surface area contributed by atoms with Crippen LogP contribution in [0.2, 0.25) is 0 Å². The number of rotatable bonds is 9. The van der Waals surface area contributed by atoms with Gasteiger partial charge >= 0.3 is 0 Å². The molecule has 0 aliphatic heterocycles. The number of methoxy groups -OCH3 is 1.